The monoisotopic (exact) mass is 410 g/mol. The second kappa shape index (κ2) is 12.9. The summed E-state index contributed by atoms with van der Waals surface area (Å²) in [5.41, 5.74) is 3.95. The first-order valence-electron chi connectivity index (χ1n) is 10.7. The Bertz CT molecular complexity index is 778. The van der Waals surface area contributed by atoms with E-state index in [1.54, 1.807) is 6.92 Å². The predicted octanol–water partition coefficient (Wildman–Crippen LogP) is 5.27. The Kier molecular flexibility index (Phi) is 10.2. The van der Waals surface area contributed by atoms with Crippen LogP contribution < -0.4 is 4.74 Å². The number of unbranched alkanes of at least 4 members (excludes halogenated alkanes) is 2. The molecule has 0 saturated heterocycles. The summed E-state index contributed by atoms with van der Waals surface area (Å²) in [5.74, 6) is 0.238. The molecule has 30 heavy (non-hydrogen) atoms. The number of hydrogen-bond donors (Lipinski definition) is 1. The zero-order valence-electron chi connectivity index (χ0n) is 18.2. The molecule has 4 heteroatoms. The largest absolute Gasteiger partial charge is 0.489 e. The molecule has 0 heterocycles. The highest BCUT2D eigenvalue weighted by atomic mass is 16.5. The molecule has 4 nitrogen and oxygen atoms in total. The SMILES string of the molecule is C=C(C)C(=O)OCC(CO)Cc1ccc(OCc2ccc(CCCCC)cc2)cc1. The van der Waals surface area contributed by atoms with Gasteiger partial charge in [0.15, 0.2) is 0 Å². The summed E-state index contributed by atoms with van der Waals surface area (Å²) in [4.78, 5) is 11.5. The minimum absolute atomic E-state index is 0.0455. The molecular weight excluding hydrogens is 376 g/mol. The van der Waals surface area contributed by atoms with Crippen molar-refractivity contribution in [3.63, 3.8) is 0 Å². The average molecular weight is 411 g/mol. The van der Waals surface area contributed by atoms with E-state index in [4.69, 9.17) is 9.47 Å². The third-order valence-corrected chi connectivity index (χ3v) is 5.00. The summed E-state index contributed by atoms with van der Waals surface area (Å²) >= 11 is 0. The van der Waals surface area contributed by atoms with Gasteiger partial charge in [0.05, 0.1) is 6.61 Å². The van der Waals surface area contributed by atoms with Gasteiger partial charge in [0, 0.05) is 18.1 Å². The van der Waals surface area contributed by atoms with Crippen molar-refractivity contribution in [2.45, 2.75) is 52.6 Å². The number of aliphatic hydroxyl groups excluding tert-OH is 1. The molecule has 2 aromatic carbocycles. The maximum absolute atomic E-state index is 11.5. The number of benzene rings is 2. The highest BCUT2D eigenvalue weighted by Gasteiger charge is 2.12. The molecule has 1 unspecified atom stereocenters. The molecule has 1 N–H and O–H groups in total. The average Bonchev–Trinajstić information content (AvgIpc) is 2.76. The Hall–Kier alpha value is -2.59. The van der Waals surface area contributed by atoms with Gasteiger partial charge in [0.2, 0.25) is 0 Å². The minimum Gasteiger partial charge on any atom is -0.489 e. The molecule has 0 saturated carbocycles. The molecule has 0 spiro atoms. The number of aliphatic hydroxyl groups is 1. The summed E-state index contributed by atoms with van der Waals surface area (Å²) in [5, 5.41) is 9.55. The lowest BCUT2D eigenvalue weighted by atomic mass is 10.0. The van der Waals surface area contributed by atoms with Crippen LogP contribution in [-0.2, 0) is 29.0 Å². The van der Waals surface area contributed by atoms with Crippen molar-refractivity contribution < 1.29 is 19.4 Å². The Balaban J connectivity index is 1.79. The third-order valence-electron chi connectivity index (χ3n) is 5.00. The van der Waals surface area contributed by atoms with Gasteiger partial charge in [-0.1, -0.05) is 62.7 Å². The summed E-state index contributed by atoms with van der Waals surface area (Å²) in [7, 11) is 0. The first-order valence-corrected chi connectivity index (χ1v) is 10.7. The standard InChI is InChI=1S/C26H34O4/c1-4-5-6-7-21-8-10-23(11-9-21)18-29-25-14-12-22(13-15-25)16-24(17-27)19-30-26(28)20(2)3/h8-15,24,27H,2,4-7,16-19H2,1,3H3. The van der Waals surface area contributed by atoms with E-state index in [1.807, 2.05) is 24.3 Å². The second-order valence-corrected chi connectivity index (χ2v) is 7.84. The lowest BCUT2D eigenvalue weighted by Crippen LogP contribution is -2.19. The zero-order valence-corrected chi connectivity index (χ0v) is 18.2. The Morgan fingerprint density at radius 3 is 2.23 bits per heavy atom. The van der Waals surface area contributed by atoms with Gasteiger partial charge in [-0.3, -0.25) is 0 Å². The Labute approximate surface area is 180 Å². The van der Waals surface area contributed by atoms with Gasteiger partial charge in [0.1, 0.15) is 12.4 Å². The first kappa shape index (κ1) is 23.7. The zero-order chi connectivity index (χ0) is 21.8. The summed E-state index contributed by atoms with van der Waals surface area (Å²) < 4.78 is 11.0. The van der Waals surface area contributed by atoms with E-state index in [2.05, 4.69) is 37.8 Å². The second-order valence-electron chi connectivity index (χ2n) is 7.84. The van der Waals surface area contributed by atoms with Crippen LogP contribution in [0.3, 0.4) is 0 Å². The van der Waals surface area contributed by atoms with Gasteiger partial charge < -0.3 is 14.6 Å². The minimum atomic E-state index is -0.425. The van der Waals surface area contributed by atoms with Gasteiger partial charge in [0.25, 0.3) is 0 Å². The highest BCUT2D eigenvalue weighted by molar-refractivity contribution is 5.86. The molecule has 0 aliphatic rings. The van der Waals surface area contributed by atoms with Gasteiger partial charge in [-0.25, -0.2) is 4.79 Å². The molecule has 0 radical (unpaired) electrons. The van der Waals surface area contributed by atoms with Crippen molar-refractivity contribution in [3.8, 4) is 5.75 Å². The number of carbonyl (C=O) groups is 1. The quantitative estimate of drug-likeness (QED) is 0.278. The smallest absolute Gasteiger partial charge is 0.333 e. The van der Waals surface area contributed by atoms with Crippen LogP contribution in [0.2, 0.25) is 0 Å². The molecule has 0 aromatic heterocycles. The number of rotatable bonds is 13. The Morgan fingerprint density at radius 2 is 1.63 bits per heavy atom. The third kappa shape index (κ3) is 8.42. The van der Waals surface area contributed by atoms with Crippen LogP contribution in [0.4, 0.5) is 0 Å². The van der Waals surface area contributed by atoms with Crippen molar-refractivity contribution in [1.29, 1.82) is 0 Å². The fourth-order valence-corrected chi connectivity index (χ4v) is 3.10. The first-order chi connectivity index (χ1) is 14.5. The van der Waals surface area contributed by atoms with Crippen molar-refractivity contribution in [1.82, 2.24) is 0 Å². The lowest BCUT2D eigenvalue weighted by Gasteiger charge is -2.15. The van der Waals surface area contributed by atoms with E-state index >= 15 is 0 Å². The summed E-state index contributed by atoms with van der Waals surface area (Å²) in [6.07, 6.45) is 5.52. The molecule has 2 aromatic rings. The summed E-state index contributed by atoms with van der Waals surface area (Å²) in [6.45, 7) is 8.05. The van der Waals surface area contributed by atoms with Crippen molar-refractivity contribution in [2.75, 3.05) is 13.2 Å². The van der Waals surface area contributed by atoms with Crippen LogP contribution in [-0.4, -0.2) is 24.3 Å². The van der Waals surface area contributed by atoms with E-state index in [-0.39, 0.29) is 19.1 Å². The number of carbonyl (C=O) groups excluding carboxylic acids is 1. The van der Waals surface area contributed by atoms with Crippen LogP contribution in [0.25, 0.3) is 0 Å². The molecule has 162 valence electrons. The molecule has 0 bridgehead atoms. The topological polar surface area (TPSA) is 55.8 Å². The van der Waals surface area contributed by atoms with Gasteiger partial charge in [-0.05, 0) is 55.0 Å². The maximum atomic E-state index is 11.5. The Morgan fingerprint density at radius 1 is 1.00 bits per heavy atom. The van der Waals surface area contributed by atoms with Crippen molar-refractivity contribution >= 4 is 5.97 Å². The molecule has 2 rings (SSSR count). The predicted molar refractivity (Wildman–Crippen MR) is 120 cm³/mol. The molecule has 0 amide bonds. The molecular formula is C26H34O4. The number of hydrogen-bond acceptors (Lipinski definition) is 4. The van der Waals surface area contributed by atoms with Crippen LogP contribution in [0.1, 0.15) is 49.8 Å². The number of esters is 1. The van der Waals surface area contributed by atoms with E-state index in [1.165, 1.54) is 24.8 Å². The normalized spacial score (nSPS) is 11.7. The van der Waals surface area contributed by atoms with Crippen LogP contribution in [0.15, 0.2) is 60.7 Å². The van der Waals surface area contributed by atoms with Crippen LogP contribution in [0.5, 0.6) is 5.75 Å². The highest BCUT2D eigenvalue weighted by Crippen LogP contribution is 2.18. The van der Waals surface area contributed by atoms with Crippen LogP contribution in [0, 0.1) is 5.92 Å². The van der Waals surface area contributed by atoms with E-state index in [0.717, 1.165) is 23.3 Å². The number of aryl methyl sites for hydroxylation is 1. The van der Waals surface area contributed by atoms with Crippen molar-refractivity contribution in [2.24, 2.45) is 5.92 Å². The fourth-order valence-electron chi connectivity index (χ4n) is 3.10. The molecule has 0 aliphatic carbocycles. The molecule has 0 fully saturated rings. The maximum Gasteiger partial charge on any atom is 0.333 e. The molecule has 1 atom stereocenters. The van der Waals surface area contributed by atoms with Crippen molar-refractivity contribution in [3.05, 3.63) is 77.4 Å². The van der Waals surface area contributed by atoms with Crippen LogP contribution >= 0.6 is 0 Å². The molecule has 0 aliphatic heterocycles. The van der Waals surface area contributed by atoms with E-state index in [0.29, 0.717) is 18.6 Å². The fraction of sp³-hybridized carbons (Fsp3) is 0.423. The van der Waals surface area contributed by atoms with Gasteiger partial charge in [-0.15, -0.1) is 0 Å². The van der Waals surface area contributed by atoms with E-state index in [9.17, 15) is 9.90 Å². The van der Waals surface area contributed by atoms with Gasteiger partial charge in [-0.2, -0.15) is 0 Å². The summed E-state index contributed by atoms with van der Waals surface area (Å²) in [6, 6.07) is 16.5. The lowest BCUT2D eigenvalue weighted by molar-refractivity contribution is -0.140. The number of ether oxygens (including phenoxy) is 2. The van der Waals surface area contributed by atoms with E-state index < -0.39 is 5.97 Å². The van der Waals surface area contributed by atoms with Gasteiger partial charge >= 0.3 is 5.97 Å².